The second-order valence-corrected chi connectivity index (χ2v) is 8.84. The number of ether oxygens (including phenoxy) is 1. The number of nitrogens with zero attached hydrogens (tertiary/aromatic N) is 4. The van der Waals surface area contributed by atoms with E-state index in [1.165, 1.54) is 10.4 Å². The maximum atomic E-state index is 5.57. The molecule has 1 aromatic heterocycles. The summed E-state index contributed by atoms with van der Waals surface area (Å²) in [5.41, 5.74) is 1.39. The summed E-state index contributed by atoms with van der Waals surface area (Å²) in [4.78, 5) is 13.5. The van der Waals surface area contributed by atoms with Crippen LogP contribution in [-0.2, 0) is 11.3 Å². The van der Waals surface area contributed by atoms with Gasteiger partial charge in [0.15, 0.2) is 5.96 Å². The Bertz CT molecular complexity index is 768. The van der Waals surface area contributed by atoms with Crippen molar-refractivity contribution in [2.75, 3.05) is 66.1 Å². The normalized spacial score (nSPS) is 20.3. The molecule has 0 saturated carbocycles. The smallest absolute Gasteiger partial charge is 0.193 e. The van der Waals surface area contributed by atoms with Gasteiger partial charge in [-0.25, -0.2) is 0 Å². The Labute approximate surface area is 184 Å². The molecule has 2 saturated heterocycles. The fourth-order valence-electron chi connectivity index (χ4n) is 4.26. The number of benzene rings is 1. The first-order valence-corrected chi connectivity index (χ1v) is 11.8. The predicted molar refractivity (Wildman–Crippen MR) is 124 cm³/mol. The van der Waals surface area contributed by atoms with Crippen LogP contribution in [0, 0.1) is 0 Å². The van der Waals surface area contributed by atoms with Gasteiger partial charge < -0.3 is 15.0 Å². The number of rotatable bonds is 6. The van der Waals surface area contributed by atoms with Crippen molar-refractivity contribution in [3.63, 3.8) is 0 Å². The standard InChI is InChI=1S/C23H33N5OS/c1-24-23(28-11-9-26(10-12-28)19-20-6-3-2-4-7-20)25-18-21(22-8-5-17-30-22)27-13-15-29-16-14-27/h2-8,17,21H,9-16,18-19H2,1H3,(H,24,25). The van der Waals surface area contributed by atoms with Gasteiger partial charge >= 0.3 is 0 Å². The molecule has 0 aliphatic carbocycles. The van der Waals surface area contributed by atoms with Gasteiger partial charge in [0.25, 0.3) is 0 Å². The molecule has 1 aromatic carbocycles. The zero-order valence-electron chi connectivity index (χ0n) is 17.9. The Morgan fingerprint density at radius 2 is 1.80 bits per heavy atom. The predicted octanol–water partition coefficient (Wildman–Crippen LogP) is 2.51. The summed E-state index contributed by atoms with van der Waals surface area (Å²) < 4.78 is 5.57. The molecule has 0 spiro atoms. The van der Waals surface area contributed by atoms with Gasteiger partial charge in [0.05, 0.1) is 19.3 Å². The molecule has 30 heavy (non-hydrogen) atoms. The second kappa shape index (κ2) is 10.9. The van der Waals surface area contributed by atoms with E-state index in [1.807, 2.05) is 18.4 Å². The van der Waals surface area contributed by atoms with Crippen LogP contribution in [0.4, 0.5) is 0 Å². The van der Waals surface area contributed by atoms with E-state index in [4.69, 9.17) is 4.74 Å². The second-order valence-electron chi connectivity index (χ2n) is 7.86. The van der Waals surface area contributed by atoms with Crippen LogP contribution in [0.25, 0.3) is 0 Å². The molecule has 2 aromatic rings. The van der Waals surface area contributed by atoms with Gasteiger partial charge in [0.2, 0.25) is 0 Å². The van der Waals surface area contributed by atoms with Gasteiger partial charge in [-0.15, -0.1) is 11.3 Å². The Kier molecular flexibility index (Phi) is 7.75. The number of guanidine groups is 1. The topological polar surface area (TPSA) is 43.3 Å². The fourth-order valence-corrected chi connectivity index (χ4v) is 5.12. The summed E-state index contributed by atoms with van der Waals surface area (Å²) in [5.74, 6) is 1.02. The largest absolute Gasteiger partial charge is 0.379 e. The van der Waals surface area contributed by atoms with Gasteiger partial charge in [-0.05, 0) is 17.0 Å². The van der Waals surface area contributed by atoms with E-state index in [-0.39, 0.29) is 0 Å². The average molecular weight is 428 g/mol. The Morgan fingerprint density at radius 1 is 1.03 bits per heavy atom. The SMILES string of the molecule is CN=C(NCC(c1cccs1)N1CCOCC1)N1CCN(Cc2ccccc2)CC1. The number of morpholine rings is 1. The van der Waals surface area contributed by atoms with Crippen molar-refractivity contribution >= 4 is 17.3 Å². The first kappa shape index (κ1) is 21.3. The van der Waals surface area contributed by atoms with Crippen molar-refractivity contribution in [2.24, 2.45) is 4.99 Å². The number of hydrogen-bond donors (Lipinski definition) is 1. The zero-order valence-corrected chi connectivity index (χ0v) is 18.7. The molecular formula is C23H33N5OS. The fraction of sp³-hybridized carbons (Fsp3) is 0.522. The first-order valence-electron chi connectivity index (χ1n) is 10.9. The highest BCUT2D eigenvalue weighted by molar-refractivity contribution is 7.10. The number of aliphatic imine (C=N–C) groups is 1. The van der Waals surface area contributed by atoms with Crippen LogP contribution in [0.3, 0.4) is 0 Å². The Balaban J connectivity index is 1.30. The van der Waals surface area contributed by atoms with Crippen LogP contribution in [0.2, 0.25) is 0 Å². The third kappa shape index (κ3) is 5.60. The maximum absolute atomic E-state index is 5.57. The van der Waals surface area contributed by atoms with Crippen molar-refractivity contribution < 1.29 is 4.74 Å². The average Bonchev–Trinajstić information content (AvgIpc) is 3.33. The third-order valence-corrected chi connectivity index (χ3v) is 6.92. The minimum Gasteiger partial charge on any atom is -0.379 e. The first-order chi connectivity index (χ1) is 14.8. The van der Waals surface area contributed by atoms with Crippen molar-refractivity contribution in [3.8, 4) is 0 Å². The van der Waals surface area contributed by atoms with Crippen molar-refractivity contribution in [1.82, 2.24) is 20.0 Å². The summed E-state index contributed by atoms with van der Waals surface area (Å²) in [6.07, 6.45) is 0. The van der Waals surface area contributed by atoms with E-state index in [1.54, 1.807) is 0 Å². The van der Waals surface area contributed by atoms with E-state index in [2.05, 4.69) is 72.9 Å². The molecule has 162 valence electrons. The summed E-state index contributed by atoms with van der Waals surface area (Å²) in [6, 6.07) is 15.5. The summed E-state index contributed by atoms with van der Waals surface area (Å²) in [7, 11) is 1.90. The third-order valence-electron chi connectivity index (χ3n) is 5.94. The molecule has 6 nitrogen and oxygen atoms in total. The van der Waals surface area contributed by atoms with Gasteiger partial charge in [-0.2, -0.15) is 0 Å². The summed E-state index contributed by atoms with van der Waals surface area (Å²) in [5, 5.41) is 5.84. The molecule has 4 rings (SSSR count). The van der Waals surface area contributed by atoms with Crippen LogP contribution in [0.5, 0.6) is 0 Å². The number of hydrogen-bond acceptors (Lipinski definition) is 5. The monoisotopic (exact) mass is 427 g/mol. The molecule has 1 unspecified atom stereocenters. The molecular weight excluding hydrogens is 394 g/mol. The number of piperazine rings is 1. The van der Waals surface area contributed by atoms with Crippen molar-refractivity contribution in [3.05, 3.63) is 58.3 Å². The molecule has 7 heteroatoms. The molecule has 2 fully saturated rings. The van der Waals surface area contributed by atoms with E-state index in [0.29, 0.717) is 6.04 Å². The summed E-state index contributed by atoms with van der Waals surface area (Å²) >= 11 is 1.84. The van der Waals surface area contributed by atoms with Gasteiger partial charge in [0, 0.05) is 64.3 Å². The van der Waals surface area contributed by atoms with E-state index < -0.39 is 0 Å². The molecule has 2 aliphatic heterocycles. The lowest BCUT2D eigenvalue weighted by atomic mass is 10.2. The van der Waals surface area contributed by atoms with Gasteiger partial charge in [-0.1, -0.05) is 36.4 Å². The van der Waals surface area contributed by atoms with Crippen molar-refractivity contribution in [2.45, 2.75) is 12.6 Å². The van der Waals surface area contributed by atoms with Gasteiger partial charge in [0.1, 0.15) is 0 Å². The molecule has 0 bridgehead atoms. The Morgan fingerprint density at radius 3 is 2.47 bits per heavy atom. The molecule has 3 heterocycles. The van der Waals surface area contributed by atoms with E-state index in [9.17, 15) is 0 Å². The van der Waals surface area contributed by atoms with Crippen LogP contribution in [-0.4, -0.2) is 86.7 Å². The number of thiophene rings is 1. The van der Waals surface area contributed by atoms with Gasteiger partial charge in [-0.3, -0.25) is 14.8 Å². The molecule has 2 aliphatic rings. The highest BCUT2D eigenvalue weighted by Crippen LogP contribution is 2.25. The lowest BCUT2D eigenvalue weighted by Gasteiger charge is -2.38. The maximum Gasteiger partial charge on any atom is 0.193 e. The zero-order chi connectivity index (χ0) is 20.6. The van der Waals surface area contributed by atoms with E-state index in [0.717, 1.165) is 71.5 Å². The van der Waals surface area contributed by atoms with Crippen molar-refractivity contribution in [1.29, 1.82) is 0 Å². The van der Waals surface area contributed by atoms with Crippen LogP contribution in [0.15, 0.2) is 52.8 Å². The highest BCUT2D eigenvalue weighted by Gasteiger charge is 2.25. The molecule has 0 amide bonds. The summed E-state index contributed by atoms with van der Waals surface area (Å²) in [6.45, 7) is 9.65. The molecule has 1 atom stereocenters. The van der Waals surface area contributed by atoms with Crippen LogP contribution < -0.4 is 5.32 Å². The lowest BCUT2D eigenvalue weighted by molar-refractivity contribution is 0.0175. The number of nitrogens with one attached hydrogen (secondary N) is 1. The lowest BCUT2D eigenvalue weighted by Crippen LogP contribution is -2.53. The minimum absolute atomic E-state index is 0.366. The highest BCUT2D eigenvalue weighted by atomic mass is 32.1. The molecule has 1 N–H and O–H groups in total. The quantitative estimate of drug-likeness (QED) is 0.567. The van der Waals surface area contributed by atoms with Crippen LogP contribution in [0.1, 0.15) is 16.5 Å². The Hall–Kier alpha value is -1.93. The van der Waals surface area contributed by atoms with E-state index >= 15 is 0 Å². The van der Waals surface area contributed by atoms with Crippen LogP contribution >= 0.6 is 11.3 Å². The molecule has 0 radical (unpaired) electrons. The minimum atomic E-state index is 0.366.